The van der Waals surface area contributed by atoms with E-state index >= 15 is 0 Å². The first-order valence-corrected chi connectivity index (χ1v) is 9.55. The normalized spacial score (nSPS) is 16.1. The average molecular weight is 362 g/mol. The summed E-state index contributed by atoms with van der Waals surface area (Å²) in [4.78, 5) is 12.9. The van der Waals surface area contributed by atoms with Gasteiger partial charge in [0.15, 0.2) is 6.10 Å². The zero-order chi connectivity index (χ0) is 19.3. The lowest BCUT2D eigenvalue weighted by Crippen LogP contribution is -2.50. The fourth-order valence-electron chi connectivity index (χ4n) is 3.61. The third-order valence-corrected chi connectivity index (χ3v) is 5.42. The molecule has 1 fully saturated rings. The largest absolute Gasteiger partial charge is 0.479 e. The van der Waals surface area contributed by atoms with Crippen molar-refractivity contribution in [1.82, 2.24) is 5.32 Å². The van der Waals surface area contributed by atoms with Gasteiger partial charge in [-0.1, -0.05) is 62.7 Å². The Morgan fingerprint density at radius 1 is 1.15 bits per heavy atom. The standard InChI is InChI=1S/C23H26N2O2/c1-17(2)21(27-20-12-7-6-9-18(20)15-24)22(26)25-16-23(13-8-14-23)19-10-4-3-5-11-19/h3-7,9-12,17,21H,8,13-14,16H2,1-2H3,(H,25,26). The Bertz CT molecular complexity index is 820. The fraction of sp³-hybridized carbons (Fsp3) is 0.391. The fourth-order valence-corrected chi connectivity index (χ4v) is 3.61. The number of hydrogen-bond donors (Lipinski definition) is 1. The van der Waals surface area contributed by atoms with E-state index < -0.39 is 6.10 Å². The number of ether oxygens (including phenoxy) is 1. The second kappa shape index (κ2) is 8.26. The molecule has 2 aromatic carbocycles. The van der Waals surface area contributed by atoms with Crippen molar-refractivity contribution in [3.8, 4) is 11.8 Å². The zero-order valence-electron chi connectivity index (χ0n) is 15.9. The lowest BCUT2D eigenvalue weighted by Gasteiger charge is -2.43. The molecule has 0 spiro atoms. The van der Waals surface area contributed by atoms with Gasteiger partial charge in [0.1, 0.15) is 11.8 Å². The van der Waals surface area contributed by atoms with Crippen LogP contribution in [0.4, 0.5) is 0 Å². The van der Waals surface area contributed by atoms with E-state index in [1.165, 1.54) is 12.0 Å². The number of hydrogen-bond acceptors (Lipinski definition) is 3. The van der Waals surface area contributed by atoms with Gasteiger partial charge in [-0.3, -0.25) is 4.79 Å². The van der Waals surface area contributed by atoms with Gasteiger partial charge in [0.05, 0.1) is 5.56 Å². The SMILES string of the molecule is CC(C)C(Oc1ccccc1C#N)C(=O)NCC1(c2ccccc2)CCC1. The molecule has 1 amide bonds. The van der Waals surface area contributed by atoms with Gasteiger partial charge in [-0.15, -0.1) is 0 Å². The molecule has 0 aromatic heterocycles. The van der Waals surface area contributed by atoms with Gasteiger partial charge in [-0.2, -0.15) is 5.26 Å². The lowest BCUT2D eigenvalue weighted by atomic mass is 9.64. The van der Waals surface area contributed by atoms with Gasteiger partial charge in [-0.05, 0) is 36.5 Å². The number of nitrogens with one attached hydrogen (secondary N) is 1. The zero-order valence-corrected chi connectivity index (χ0v) is 15.9. The van der Waals surface area contributed by atoms with Crippen LogP contribution in [0.1, 0.15) is 44.2 Å². The van der Waals surface area contributed by atoms with Gasteiger partial charge in [0.25, 0.3) is 5.91 Å². The quantitative estimate of drug-likeness (QED) is 0.803. The van der Waals surface area contributed by atoms with Crippen LogP contribution in [0, 0.1) is 17.2 Å². The molecule has 3 rings (SSSR count). The molecule has 1 unspecified atom stereocenters. The van der Waals surface area contributed by atoms with Crippen molar-refractivity contribution in [3.05, 3.63) is 65.7 Å². The Kier molecular flexibility index (Phi) is 5.81. The molecule has 1 saturated carbocycles. The highest BCUT2D eigenvalue weighted by Crippen LogP contribution is 2.43. The van der Waals surface area contributed by atoms with E-state index in [1.807, 2.05) is 26.0 Å². The van der Waals surface area contributed by atoms with Crippen molar-refractivity contribution in [1.29, 1.82) is 5.26 Å². The van der Waals surface area contributed by atoms with Gasteiger partial charge < -0.3 is 10.1 Å². The highest BCUT2D eigenvalue weighted by atomic mass is 16.5. The number of amides is 1. The van der Waals surface area contributed by atoms with E-state index in [0.29, 0.717) is 17.9 Å². The summed E-state index contributed by atoms with van der Waals surface area (Å²) in [6.45, 7) is 4.52. The first-order valence-electron chi connectivity index (χ1n) is 9.55. The van der Waals surface area contributed by atoms with Crippen molar-refractivity contribution in [2.75, 3.05) is 6.54 Å². The van der Waals surface area contributed by atoms with E-state index in [4.69, 9.17) is 4.74 Å². The maximum atomic E-state index is 12.9. The molecule has 1 N–H and O–H groups in total. The molecule has 0 heterocycles. The molecule has 140 valence electrons. The third kappa shape index (κ3) is 4.14. The van der Waals surface area contributed by atoms with Gasteiger partial charge in [0, 0.05) is 12.0 Å². The summed E-state index contributed by atoms with van der Waals surface area (Å²) in [5, 5.41) is 12.4. The molecular formula is C23H26N2O2. The molecule has 4 heteroatoms. The molecule has 1 aliphatic rings. The van der Waals surface area contributed by atoms with Crippen molar-refractivity contribution in [2.45, 2.75) is 44.6 Å². The smallest absolute Gasteiger partial charge is 0.261 e. The minimum atomic E-state index is -0.632. The van der Waals surface area contributed by atoms with E-state index in [0.717, 1.165) is 12.8 Å². The van der Waals surface area contributed by atoms with Crippen molar-refractivity contribution < 1.29 is 9.53 Å². The topological polar surface area (TPSA) is 62.1 Å². The summed E-state index contributed by atoms with van der Waals surface area (Å²) in [7, 11) is 0. The molecular weight excluding hydrogens is 336 g/mol. The Balaban J connectivity index is 1.70. The molecule has 0 aliphatic heterocycles. The van der Waals surface area contributed by atoms with Gasteiger partial charge in [-0.25, -0.2) is 0 Å². The molecule has 0 saturated heterocycles. The summed E-state index contributed by atoms with van der Waals surface area (Å²) in [6, 6.07) is 19.6. The van der Waals surface area contributed by atoms with Crippen LogP contribution in [0.15, 0.2) is 54.6 Å². The van der Waals surface area contributed by atoms with Crippen LogP contribution in [-0.2, 0) is 10.2 Å². The predicted octanol–water partition coefficient (Wildman–Crippen LogP) is 4.20. The van der Waals surface area contributed by atoms with E-state index in [2.05, 4.69) is 35.7 Å². The van der Waals surface area contributed by atoms with Gasteiger partial charge >= 0.3 is 0 Å². The van der Waals surface area contributed by atoms with E-state index in [-0.39, 0.29) is 17.2 Å². The average Bonchev–Trinajstić information content (AvgIpc) is 2.66. The number of nitriles is 1. The second-order valence-corrected chi connectivity index (χ2v) is 7.61. The maximum Gasteiger partial charge on any atom is 0.261 e. The van der Waals surface area contributed by atoms with Crippen LogP contribution in [-0.4, -0.2) is 18.6 Å². The first-order chi connectivity index (χ1) is 13.1. The molecule has 2 aromatic rings. The second-order valence-electron chi connectivity index (χ2n) is 7.61. The minimum Gasteiger partial charge on any atom is -0.479 e. The molecule has 0 radical (unpaired) electrons. The van der Waals surface area contributed by atoms with Crippen molar-refractivity contribution in [3.63, 3.8) is 0 Å². The maximum absolute atomic E-state index is 12.9. The molecule has 1 atom stereocenters. The summed E-state index contributed by atoms with van der Waals surface area (Å²) < 4.78 is 5.95. The minimum absolute atomic E-state index is 0.00850. The molecule has 0 bridgehead atoms. The number of para-hydroxylation sites is 1. The van der Waals surface area contributed by atoms with Crippen LogP contribution in [0.5, 0.6) is 5.75 Å². The van der Waals surface area contributed by atoms with Gasteiger partial charge in [0.2, 0.25) is 0 Å². The van der Waals surface area contributed by atoms with E-state index in [1.54, 1.807) is 18.2 Å². The Hall–Kier alpha value is -2.80. The molecule has 1 aliphatic carbocycles. The third-order valence-electron chi connectivity index (χ3n) is 5.42. The molecule has 4 nitrogen and oxygen atoms in total. The molecule has 27 heavy (non-hydrogen) atoms. The Morgan fingerprint density at radius 2 is 1.81 bits per heavy atom. The van der Waals surface area contributed by atoms with Crippen LogP contribution in [0.3, 0.4) is 0 Å². The number of benzene rings is 2. The number of nitrogens with zero attached hydrogens (tertiary/aromatic N) is 1. The summed E-state index contributed by atoms with van der Waals surface area (Å²) >= 11 is 0. The summed E-state index contributed by atoms with van der Waals surface area (Å²) in [5.41, 5.74) is 1.76. The highest BCUT2D eigenvalue weighted by molar-refractivity contribution is 5.81. The Labute approximate surface area is 161 Å². The number of carbonyl (C=O) groups excluding carboxylic acids is 1. The van der Waals surface area contributed by atoms with E-state index in [9.17, 15) is 10.1 Å². The monoisotopic (exact) mass is 362 g/mol. The van der Waals surface area contributed by atoms with Crippen LogP contribution >= 0.6 is 0 Å². The highest BCUT2D eigenvalue weighted by Gasteiger charge is 2.39. The Morgan fingerprint density at radius 3 is 2.41 bits per heavy atom. The van der Waals surface area contributed by atoms with Crippen molar-refractivity contribution >= 4 is 5.91 Å². The van der Waals surface area contributed by atoms with Crippen LogP contribution < -0.4 is 10.1 Å². The van der Waals surface area contributed by atoms with Crippen LogP contribution in [0.25, 0.3) is 0 Å². The lowest BCUT2D eigenvalue weighted by molar-refractivity contribution is -0.130. The van der Waals surface area contributed by atoms with Crippen molar-refractivity contribution in [2.24, 2.45) is 5.92 Å². The number of carbonyl (C=O) groups is 1. The predicted molar refractivity (Wildman–Crippen MR) is 105 cm³/mol. The summed E-state index contributed by atoms with van der Waals surface area (Å²) in [5.74, 6) is 0.320. The summed E-state index contributed by atoms with van der Waals surface area (Å²) in [6.07, 6.45) is 2.72. The van der Waals surface area contributed by atoms with Crippen LogP contribution in [0.2, 0.25) is 0 Å². The first kappa shape index (κ1) is 19.0. The number of rotatable bonds is 7.